The number of halogens is 1. The first-order chi connectivity index (χ1) is 11.4. The first-order valence-electron chi connectivity index (χ1n) is 7.59. The van der Waals surface area contributed by atoms with Crippen molar-refractivity contribution in [3.05, 3.63) is 59.9 Å². The maximum Gasteiger partial charge on any atom is 0.244 e. The van der Waals surface area contributed by atoms with Crippen LogP contribution in [0.5, 0.6) is 0 Å². The van der Waals surface area contributed by atoms with Gasteiger partial charge < -0.3 is 16.4 Å². The molecule has 1 unspecified atom stereocenters. The lowest BCUT2D eigenvalue weighted by Gasteiger charge is -2.17. The molecule has 2 aromatic rings. The summed E-state index contributed by atoms with van der Waals surface area (Å²) in [6, 6.07) is 11.7. The highest BCUT2D eigenvalue weighted by Crippen LogP contribution is 2.21. The number of amides is 2. The zero-order valence-electron chi connectivity index (χ0n) is 13.5. The van der Waals surface area contributed by atoms with Crippen molar-refractivity contribution >= 4 is 23.2 Å². The molecule has 0 heterocycles. The molecule has 5 nitrogen and oxygen atoms in total. The smallest absolute Gasteiger partial charge is 0.244 e. The molecule has 0 aliphatic carbocycles. The number of anilines is 2. The van der Waals surface area contributed by atoms with Gasteiger partial charge in [0.05, 0.1) is 0 Å². The van der Waals surface area contributed by atoms with Gasteiger partial charge in [-0.25, -0.2) is 4.39 Å². The summed E-state index contributed by atoms with van der Waals surface area (Å²) in [4.78, 5) is 23.3. The van der Waals surface area contributed by atoms with Crippen molar-refractivity contribution in [1.29, 1.82) is 0 Å². The Morgan fingerprint density at radius 2 is 1.50 bits per heavy atom. The number of rotatable bonds is 6. The average Bonchev–Trinajstić information content (AvgIpc) is 2.54. The fourth-order valence-electron chi connectivity index (χ4n) is 2.08. The van der Waals surface area contributed by atoms with E-state index < -0.39 is 11.9 Å². The molecule has 4 N–H and O–H groups in total. The number of nitrogens with two attached hydrogens (primary N) is 1. The van der Waals surface area contributed by atoms with Crippen LogP contribution in [0.1, 0.15) is 25.5 Å². The lowest BCUT2D eigenvalue weighted by atomic mass is 10.1. The van der Waals surface area contributed by atoms with Crippen LogP contribution in [0.25, 0.3) is 0 Å². The van der Waals surface area contributed by atoms with Gasteiger partial charge in [0.1, 0.15) is 11.9 Å². The van der Waals surface area contributed by atoms with Crippen molar-refractivity contribution in [2.75, 3.05) is 10.6 Å². The fourth-order valence-corrected chi connectivity index (χ4v) is 2.08. The largest absolute Gasteiger partial charge is 0.370 e. The Kier molecular flexibility index (Phi) is 5.52. The number of benzene rings is 2. The van der Waals surface area contributed by atoms with Crippen LogP contribution in [0.2, 0.25) is 0 Å². The summed E-state index contributed by atoms with van der Waals surface area (Å²) >= 11 is 0. The van der Waals surface area contributed by atoms with Gasteiger partial charge in [0.25, 0.3) is 0 Å². The van der Waals surface area contributed by atoms with Crippen LogP contribution >= 0.6 is 0 Å². The molecule has 0 aliphatic rings. The number of carbonyl (C=O) groups is 2. The first-order valence-corrected chi connectivity index (χ1v) is 7.59. The summed E-state index contributed by atoms with van der Waals surface area (Å²) in [5, 5.41) is 5.79. The quantitative estimate of drug-likeness (QED) is 0.761. The van der Waals surface area contributed by atoms with E-state index in [2.05, 4.69) is 10.6 Å². The summed E-state index contributed by atoms with van der Waals surface area (Å²) < 4.78 is 13.0. The molecule has 0 spiro atoms. The molecule has 2 aromatic carbocycles. The Labute approximate surface area is 140 Å². The minimum Gasteiger partial charge on any atom is -0.370 e. The Bertz CT molecular complexity index is 712. The molecule has 2 rings (SSSR count). The average molecular weight is 329 g/mol. The Morgan fingerprint density at radius 1 is 0.958 bits per heavy atom. The van der Waals surface area contributed by atoms with E-state index in [9.17, 15) is 14.0 Å². The van der Waals surface area contributed by atoms with Gasteiger partial charge >= 0.3 is 0 Å². The van der Waals surface area contributed by atoms with Crippen LogP contribution in [0.15, 0.2) is 48.5 Å². The van der Waals surface area contributed by atoms with E-state index in [1.165, 1.54) is 24.3 Å². The third-order valence-corrected chi connectivity index (χ3v) is 3.48. The van der Waals surface area contributed by atoms with Gasteiger partial charge in [-0.1, -0.05) is 26.0 Å². The van der Waals surface area contributed by atoms with Gasteiger partial charge in [-0.05, 0) is 42.0 Å². The molecular weight excluding hydrogens is 309 g/mol. The number of nitrogens with one attached hydrogen (secondary N) is 2. The molecule has 126 valence electrons. The van der Waals surface area contributed by atoms with Crippen LogP contribution in [0, 0.1) is 11.7 Å². The summed E-state index contributed by atoms with van der Waals surface area (Å²) in [6.45, 7) is 3.62. The molecule has 24 heavy (non-hydrogen) atoms. The third-order valence-electron chi connectivity index (χ3n) is 3.48. The van der Waals surface area contributed by atoms with Gasteiger partial charge in [-0.2, -0.15) is 0 Å². The first kappa shape index (κ1) is 17.5. The lowest BCUT2D eigenvalue weighted by Crippen LogP contribution is -2.27. The molecule has 6 heteroatoms. The van der Waals surface area contributed by atoms with E-state index in [0.29, 0.717) is 16.9 Å². The second-order valence-electron chi connectivity index (χ2n) is 5.75. The fraction of sp³-hybridized carbons (Fsp3) is 0.222. The Hall–Kier alpha value is -2.89. The number of hydrogen-bond acceptors (Lipinski definition) is 3. The molecule has 0 saturated carbocycles. The maximum atomic E-state index is 13.0. The minimum atomic E-state index is -0.776. The standard InChI is InChI=1S/C18H20FN3O2/c1-11(2)18(24)22-15-9-7-14(8-10-15)21-16(17(20)23)12-3-5-13(19)6-4-12/h3-11,16,21H,1-2H3,(H2,20,23)(H,22,24). The van der Waals surface area contributed by atoms with E-state index in [1.807, 2.05) is 13.8 Å². The second-order valence-corrected chi connectivity index (χ2v) is 5.75. The molecule has 0 fully saturated rings. The van der Waals surface area contributed by atoms with Crippen LogP contribution in [-0.2, 0) is 9.59 Å². The third kappa shape index (κ3) is 4.55. The van der Waals surface area contributed by atoms with Crippen molar-refractivity contribution in [2.24, 2.45) is 11.7 Å². The summed E-state index contributed by atoms with van der Waals surface area (Å²) in [5.41, 5.74) is 7.32. The highest BCUT2D eigenvalue weighted by atomic mass is 19.1. The van der Waals surface area contributed by atoms with Crippen molar-refractivity contribution in [3.63, 3.8) is 0 Å². The maximum absolute atomic E-state index is 13.0. The van der Waals surface area contributed by atoms with Crippen LogP contribution in [-0.4, -0.2) is 11.8 Å². The van der Waals surface area contributed by atoms with Crippen molar-refractivity contribution in [1.82, 2.24) is 0 Å². The molecule has 0 saturated heterocycles. The summed E-state index contributed by atoms with van der Waals surface area (Å²) in [7, 11) is 0. The zero-order chi connectivity index (χ0) is 17.7. The highest BCUT2D eigenvalue weighted by Gasteiger charge is 2.17. The second kappa shape index (κ2) is 7.59. The van der Waals surface area contributed by atoms with E-state index in [0.717, 1.165) is 0 Å². The Balaban J connectivity index is 2.11. The SMILES string of the molecule is CC(C)C(=O)Nc1ccc(NC(C(N)=O)c2ccc(F)cc2)cc1. The monoisotopic (exact) mass is 329 g/mol. The van der Waals surface area contributed by atoms with E-state index in [4.69, 9.17) is 5.73 Å². The topological polar surface area (TPSA) is 84.2 Å². The number of hydrogen-bond donors (Lipinski definition) is 3. The van der Waals surface area contributed by atoms with Gasteiger partial charge in [0.15, 0.2) is 0 Å². The number of carbonyl (C=O) groups excluding carboxylic acids is 2. The number of primary amides is 1. The molecular formula is C18H20FN3O2. The van der Waals surface area contributed by atoms with Crippen molar-refractivity contribution in [3.8, 4) is 0 Å². The van der Waals surface area contributed by atoms with Crippen LogP contribution in [0.4, 0.5) is 15.8 Å². The van der Waals surface area contributed by atoms with Gasteiger partial charge in [0.2, 0.25) is 11.8 Å². The van der Waals surface area contributed by atoms with Gasteiger partial charge in [0, 0.05) is 17.3 Å². The molecule has 0 bridgehead atoms. The van der Waals surface area contributed by atoms with E-state index in [-0.39, 0.29) is 17.6 Å². The Morgan fingerprint density at radius 3 is 2.00 bits per heavy atom. The van der Waals surface area contributed by atoms with Gasteiger partial charge in [-0.3, -0.25) is 9.59 Å². The summed E-state index contributed by atoms with van der Waals surface area (Å²) in [6.07, 6.45) is 0. The molecule has 2 amide bonds. The predicted molar refractivity (Wildman–Crippen MR) is 91.9 cm³/mol. The van der Waals surface area contributed by atoms with Crippen molar-refractivity contribution in [2.45, 2.75) is 19.9 Å². The van der Waals surface area contributed by atoms with E-state index >= 15 is 0 Å². The summed E-state index contributed by atoms with van der Waals surface area (Å²) in [5.74, 6) is -1.14. The van der Waals surface area contributed by atoms with Crippen molar-refractivity contribution < 1.29 is 14.0 Å². The molecule has 0 radical (unpaired) electrons. The minimum absolute atomic E-state index is 0.0722. The van der Waals surface area contributed by atoms with Gasteiger partial charge in [-0.15, -0.1) is 0 Å². The zero-order valence-corrected chi connectivity index (χ0v) is 13.5. The molecule has 1 atom stereocenters. The lowest BCUT2D eigenvalue weighted by molar-refractivity contribution is -0.119. The normalized spacial score (nSPS) is 11.8. The van der Waals surface area contributed by atoms with Crippen LogP contribution < -0.4 is 16.4 Å². The molecule has 0 aliphatic heterocycles. The highest BCUT2D eigenvalue weighted by molar-refractivity contribution is 5.92. The van der Waals surface area contributed by atoms with E-state index in [1.54, 1.807) is 24.3 Å². The molecule has 0 aromatic heterocycles. The predicted octanol–water partition coefficient (Wildman–Crippen LogP) is 3.06. The van der Waals surface area contributed by atoms with Crippen LogP contribution in [0.3, 0.4) is 0 Å².